The van der Waals surface area contributed by atoms with Crippen molar-refractivity contribution in [2.45, 2.75) is 12.5 Å². The Hall–Kier alpha value is -0.920. The maximum Gasteiger partial charge on any atom is 0.239 e. The SMILES string of the molecule is NNc1ncc(Br)c(N2CCC(O)C2)n1. The summed E-state index contributed by atoms with van der Waals surface area (Å²) < 4.78 is 0.801. The van der Waals surface area contributed by atoms with Crippen molar-refractivity contribution in [3.05, 3.63) is 10.7 Å². The first kappa shape index (κ1) is 10.6. The Morgan fingerprint density at radius 3 is 3.07 bits per heavy atom. The van der Waals surface area contributed by atoms with Crippen LogP contribution in [0.2, 0.25) is 0 Å². The van der Waals surface area contributed by atoms with Gasteiger partial charge in [-0.1, -0.05) is 0 Å². The summed E-state index contributed by atoms with van der Waals surface area (Å²) in [6, 6.07) is 0. The first-order valence-electron chi connectivity index (χ1n) is 4.63. The lowest BCUT2D eigenvalue weighted by Crippen LogP contribution is -2.23. The van der Waals surface area contributed by atoms with Gasteiger partial charge in [-0.25, -0.2) is 10.8 Å². The number of aliphatic hydroxyl groups is 1. The lowest BCUT2D eigenvalue weighted by Gasteiger charge is -2.18. The van der Waals surface area contributed by atoms with E-state index in [2.05, 4.69) is 31.3 Å². The first-order chi connectivity index (χ1) is 7.20. The number of hydrogen-bond donors (Lipinski definition) is 3. The van der Waals surface area contributed by atoms with Gasteiger partial charge in [-0.2, -0.15) is 4.98 Å². The molecule has 0 bridgehead atoms. The fourth-order valence-corrected chi connectivity index (χ4v) is 2.03. The molecule has 7 heteroatoms. The number of nitrogens with zero attached hydrogens (tertiary/aromatic N) is 3. The minimum absolute atomic E-state index is 0.277. The van der Waals surface area contributed by atoms with Crippen LogP contribution in [0.4, 0.5) is 11.8 Å². The van der Waals surface area contributed by atoms with E-state index in [1.165, 1.54) is 0 Å². The summed E-state index contributed by atoms with van der Waals surface area (Å²) in [5.41, 5.74) is 2.40. The number of nitrogens with one attached hydrogen (secondary N) is 1. The molecule has 1 aliphatic rings. The number of hydrogen-bond acceptors (Lipinski definition) is 6. The maximum atomic E-state index is 9.44. The lowest BCUT2D eigenvalue weighted by atomic mass is 10.3. The largest absolute Gasteiger partial charge is 0.391 e. The van der Waals surface area contributed by atoms with E-state index >= 15 is 0 Å². The van der Waals surface area contributed by atoms with Crippen molar-refractivity contribution in [2.75, 3.05) is 23.4 Å². The molecule has 0 amide bonds. The summed E-state index contributed by atoms with van der Waals surface area (Å²) >= 11 is 3.37. The van der Waals surface area contributed by atoms with Gasteiger partial charge in [-0.05, 0) is 22.4 Å². The van der Waals surface area contributed by atoms with Crippen LogP contribution in [0.25, 0.3) is 0 Å². The molecule has 1 atom stereocenters. The predicted molar refractivity (Wildman–Crippen MR) is 60.4 cm³/mol. The zero-order valence-corrected chi connectivity index (χ0v) is 9.61. The second kappa shape index (κ2) is 4.30. The standard InChI is InChI=1S/C8H12BrN5O/c9-6-3-11-8(13-10)12-7(6)14-2-1-5(15)4-14/h3,5,15H,1-2,4,10H2,(H,11,12,13). The van der Waals surface area contributed by atoms with Gasteiger partial charge in [0.1, 0.15) is 5.82 Å². The molecule has 2 rings (SSSR count). The third-order valence-electron chi connectivity index (χ3n) is 2.32. The number of nitrogen functional groups attached to an aromatic ring is 1. The van der Waals surface area contributed by atoms with E-state index in [1.54, 1.807) is 6.20 Å². The summed E-state index contributed by atoms with van der Waals surface area (Å²) in [6.07, 6.45) is 2.13. The maximum absolute atomic E-state index is 9.44. The number of nitrogens with two attached hydrogens (primary N) is 1. The van der Waals surface area contributed by atoms with Crippen molar-refractivity contribution in [3.8, 4) is 0 Å². The van der Waals surface area contributed by atoms with Crippen molar-refractivity contribution in [1.29, 1.82) is 0 Å². The van der Waals surface area contributed by atoms with Gasteiger partial charge in [0, 0.05) is 19.3 Å². The fraction of sp³-hybridized carbons (Fsp3) is 0.500. The Morgan fingerprint density at radius 1 is 1.67 bits per heavy atom. The van der Waals surface area contributed by atoms with E-state index in [0.717, 1.165) is 23.3 Å². The van der Waals surface area contributed by atoms with Crippen molar-refractivity contribution < 1.29 is 5.11 Å². The molecule has 82 valence electrons. The number of aliphatic hydroxyl groups excluding tert-OH is 1. The minimum Gasteiger partial charge on any atom is -0.391 e. The number of aromatic nitrogens is 2. The van der Waals surface area contributed by atoms with Crippen LogP contribution in [0.15, 0.2) is 10.7 Å². The van der Waals surface area contributed by atoms with Gasteiger partial charge in [0.2, 0.25) is 5.95 Å². The number of rotatable bonds is 2. The second-order valence-corrected chi connectivity index (χ2v) is 4.25. The molecule has 1 unspecified atom stereocenters. The zero-order chi connectivity index (χ0) is 10.8. The van der Waals surface area contributed by atoms with E-state index in [4.69, 9.17) is 5.84 Å². The van der Waals surface area contributed by atoms with Crippen LogP contribution < -0.4 is 16.2 Å². The molecule has 1 saturated heterocycles. The topological polar surface area (TPSA) is 87.3 Å². The Kier molecular flexibility index (Phi) is 3.03. The number of hydrazine groups is 1. The Bertz CT molecular complexity index is 361. The summed E-state index contributed by atoms with van der Waals surface area (Å²) in [5.74, 6) is 6.37. The van der Waals surface area contributed by atoms with Gasteiger partial charge in [0.25, 0.3) is 0 Å². The normalized spacial score (nSPS) is 20.7. The molecule has 1 aromatic heterocycles. The van der Waals surface area contributed by atoms with Gasteiger partial charge in [-0.3, -0.25) is 5.43 Å². The van der Waals surface area contributed by atoms with Crippen LogP contribution in [-0.2, 0) is 0 Å². The smallest absolute Gasteiger partial charge is 0.239 e. The van der Waals surface area contributed by atoms with E-state index in [-0.39, 0.29) is 6.10 Å². The Morgan fingerprint density at radius 2 is 2.47 bits per heavy atom. The average molecular weight is 274 g/mol. The van der Waals surface area contributed by atoms with Crippen molar-refractivity contribution in [1.82, 2.24) is 9.97 Å². The monoisotopic (exact) mass is 273 g/mol. The van der Waals surface area contributed by atoms with Crippen LogP contribution in [-0.4, -0.2) is 34.3 Å². The highest BCUT2D eigenvalue weighted by molar-refractivity contribution is 9.10. The van der Waals surface area contributed by atoms with Crippen molar-refractivity contribution >= 4 is 27.7 Å². The molecule has 0 saturated carbocycles. The highest BCUT2D eigenvalue weighted by Gasteiger charge is 2.23. The molecule has 4 N–H and O–H groups in total. The van der Waals surface area contributed by atoms with E-state index in [9.17, 15) is 5.11 Å². The zero-order valence-electron chi connectivity index (χ0n) is 8.02. The van der Waals surface area contributed by atoms with Crippen LogP contribution >= 0.6 is 15.9 Å². The third-order valence-corrected chi connectivity index (χ3v) is 2.88. The van der Waals surface area contributed by atoms with E-state index < -0.39 is 0 Å². The molecule has 2 heterocycles. The van der Waals surface area contributed by atoms with Crippen LogP contribution in [0.1, 0.15) is 6.42 Å². The van der Waals surface area contributed by atoms with Gasteiger partial charge in [-0.15, -0.1) is 0 Å². The third kappa shape index (κ3) is 2.19. The molecule has 6 nitrogen and oxygen atoms in total. The molecule has 1 aromatic rings. The average Bonchev–Trinajstić information content (AvgIpc) is 2.65. The number of β-amino-alcohol motifs (C(OH)–C–C–N with tert-alkyl or cyclic N) is 1. The summed E-state index contributed by atoms with van der Waals surface area (Å²) in [4.78, 5) is 10.2. The predicted octanol–water partition coefficient (Wildman–Crippen LogP) is 0.0957. The van der Waals surface area contributed by atoms with E-state index in [0.29, 0.717) is 12.5 Å². The summed E-state index contributed by atoms with van der Waals surface area (Å²) in [7, 11) is 0. The van der Waals surface area contributed by atoms with Crippen LogP contribution in [0.3, 0.4) is 0 Å². The Balaban J connectivity index is 2.26. The van der Waals surface area contributed by atoms with Gasteiger partial charge < -0.3 is 10.0 Å². The molecular weight excluding hydrogens is 262 g/mol. The number of halogens is 1. The molecular formula is C8H12BrN5O. The van der Waals surface area contributed by atoms with Gasteiger partial charge in [0.15, 0.2) is 0 Å². The molecule has 0 spiro atoms. The lowest BCUT2D eigenvalue weighted by molar-refractivity contribution is 0.198. The Labute approximate surface area is 95.6 Å². The number of anilines is 2. The van der Waals surface area contributed by atoms with Gasteiger partial charge in [0.05, 0.1) is 10.6 Å². The summed E-state index contributed by atoms with van der Waals surface area (Å²) in [5, 5.41) is 9.44. The van der Waals surface area contributed by atoms with Gasteiger partial charge >= 0.3 is 0 Å². The molecule has 1 fully saturated rings. The highest BCUT2D eigenvalue weighted by Crippen LogP contribution is 2.27. The quantitative estimate of drug-likeness (QED) is 0.523. The van der Waals surface area contributed by atoms with Crippen molar-refractivity contribution in [2.24, 2.45) is 5.84 Å². The van der Waals surface area contributed by atoms with Crippen molar-refractivity contribution in [3.63, 3.8) is 0 Å². The molecule has 1 aliphatic heterocycles. The van der Waals surface area contributed by atoms with Crippen LogP contribution in [0.5, 0.6) is 0 Å². The van der Waals surface area contributed by atoms with Crippen LogP contribution in [0, 0.1) is 0 Å². The second-order valence-electron chi connectivity index (χ2n) is 3.40. The first-order valence-corrected chi connectivity index (χ1v) is 5.42. The minimum atomic E-state index is -0.277. The molecule has 15 heavy (non-hydrogen) atoms. The fourth-order valence-electron chi connectivity index (χ4n) is 1.58. The molecule has 0 radical (unpaired) electrons. The summed E-state index contributed by atoms with van der Waals surface area (Å²) in [6.45, 7) is 1.39. The molecule has 0 aliphatic carbocycles. The highest BCUT2D eigenvalue weighted by atomic mass is 79.9. The van der Waals surface area contributed by atoms with E-state index in [1.807, 2.05) is 4.90 Å². The molecule has 0 aromatic carbocycles.